The molecule has 1 aromatic rings. The summed E-state index contributed by atoms with van der Waals surface area (Å²) in [5.41, 5.74) is 1.19. The van der Waals surface area contributed by atoms with Gasteiger partial charge in [-0.1, -0.05) is 30.3 Å². The Kier molecular flexibility index (Phi) is 3.25. The molecule has 1 heterocycles. The van der Waals surface area contributed by atoms with Crippen molar-refractivity contribution in [3.63, 3.8) is 0 Å². The number of aliphatic carboxylic acids is 1. The van der Waals surface area contributed by atoms with Crippen LogP contribution < -0.4 is 5.11 Å². The normalized spacial score (nSPS) is 26.6. The van der Waals surface area contributed by atoms with Crippen molar-refractivity contribution in [3.05, 3.63) is 35.9 Å². The second-order valence-electron chi connectivity index (χ2n) is 4.45. The van der Waals surface area contributed by atoms with Crippen LogP contribution in [0.3, 0.4) is 0 Å². The van der Waals surface area contributed by atoms with Crippen molar-refractivity contribution >= 4 is 5.97 Å². The maximum atomic E-state index is 10.9. The van der Waals surface area contributed by atoms with Gasteiger partial charge in [0.25, 0.3) is 0 Å². The predicted octanol–water partition coefficient (Wildman–Crippen LogP) is 0.819. The molecular formula is C13H16NO2-. The van der Waals surface area contributed by atoms with Gasteiger partial charge in [-0.05, 0) is 32.0 Å². The molecular weight excluding hydrogens is 202 g/mol. The first kappa shape index (κ1) is 11.1. The zero-order chi connectivity index (χ0) is 11.5. The van der Waals surface area contributed by atoms with E-state index < -0.39 is 5.97 Å². The van der Waals surface area contributed by atoms with Gasteiger partial charge in [0.05, 0.1) is 0 Å². The van der Waals surface area contributed by atoms with Crippen LogP contribution >= 0.6 is 0 Å². The van der Waals surface area contributed by atoms with Crippen LogP contribution in [-0.2, 0) is 4.79 Å². The average molecular weight is 218 g/mol. The Morgan fingerprint density at radius 3 is 2.69 bits per heavy atom. The minimum Gasteiger partial charge on any atom is -0.550 e. The number of nitrogens with zero attached hydrogens (tertiary/aromatic N) is 1. The number of hydrogen-bond acceptors (Lipinski definition) is 3. The lowest BCUT2D eigenvalue weighted by molar-refractivity contribution is -0.313. The maximum Gasteiger partial charge on any atom is 0.0446 e. The van der Waals surface area contributed by atoms with Crippen LogP contribution in [0.4, 0.5) is 0 Å². The van der Waals surface area contributed by atoms with Gasteiger partial charge in [0.1, 0.15) is 0 Å². The number of carbonyl (C=O) groups excluding carboxylic acids is 1. The van der Waals surface area contributed by atoms with E-state index in [1.807, 2.05) is 25.2 Å². The van der Waals surface area contributed by atoms with Crippen molar-refractivity contribution < 1.29 is 9.90 Å². The second-order valence-corrected chi connectivity index (χ2v) is 4.45. The van der Waals surface area contributed by atoms with E-state index in [4.69, 9.17) is 0 Å². The Hall–Kier alpha value is -1.35. The van der Waals surface area contributed by atoms with E-state index in [-0.39, 0.29) is 12.0 Å². The van der Waals surface area contributed by atoms with Gasteiger partial charge in [0, 0.05) is 17.9 Å². The van der Waals surface area contributed by atoms with Gasteiger partial charge < -0.3 is 9.90 Å². The van der Waals surface area contributed by atoms with Gasteiger partial charge in [0.15, 0.2) is 0 Å². The minimum atomic E-state index is -0.908. The fraction of sp³-hybridized carbons (Fsp3) is 0.462. The molecule has 3 heteroatoms. The fourth-order valence-corrected chi connectivity index (χ4v) is 2.36. The van der Waals surface area contributed by atoms with Crippen LogP contribution in [-0.4, -0.2) is 24.5 Å². The molecule has 1 aliphatic rings. The average Bonchev–Trinajstić information content (AvgIpc) is 2.30. The smallest absolute Gasteiger partial charge is 0.0446 e. The molecule has 2 rings (SSSR count). The first-order valence-electron chi connectivity index (χ1n) is 5.64. The van der Waals surface area contributed by atoms with E-state index in [2.05, 4.69) is 17.0 Å². The molecule has 0 bridgehead atoms. The summed E-state index contributed by atoms with van der Waals surface area (Å²) >= 11 is 0. The largest absolute Gasteiger partial charge is 0.550 e. The molecule has 0 aliphatic carbocycles. The monoisotopic (exact) mass is 218 g/mol. The predicted molar refractivity (Wildman–Crippen MR) is 59.5 cm³/mol. The highest BCUT2D eigenvalue weighted by Crippen LogP contribution is 2.32. The summed E-state index contributed by atoms with van der Waals surface area (Å²) in [5, 5.41) is 10.9. The van der Waals surface area contributed by atoms with Gasteiger partial charge in [-0.15, -0.1) is 0 Å². The topological polar surface area (TPSA) is 43.4 Å². The van der Waals surface area contributed by atoms with Crippen LogP contribution in [0.2, 0.25) is 0 Å². The fourth-order valence-electron chi connectivity index (χ4n) is 2.36. The van der Waals surface area contributed by atoms with Gasteiger partial charge in [-0.25, -0.2) is 0 Å². The number of rotatable bonds is 2. The van der Waals surface area contributed by atoms with Crippen LogP contribution in [0.5, 0.6) is 0 Å². The third kappa shape index (κ3) is 2.25. The SMILES string of the molecule is CN1CCC(C(=O)[O-])CC1c1ccccc1. The summed E-state index contributed by atoms with van der Waals surface area (Å²) in [6, 6.07) is 10.3. The number of carboxylic acid groups (broad SMARTS) is 1. The first-order valence-corrected chi connectivity index (χ1v) is 5.64. The molecule has 16 heavy (non-hydrogen) atoms. The number of benzene rings is 1. The summed E-state index contributed by atoms with van der Waals surface area (Å²) in [4.78, 5) is 13.1. The van der Waals surface area contributed by atoms with Crippen molar-refractivity contribution in [1.29, 1.82) is 0 Å². The van der Waals surface area contributed by atoms with Gasteiger partial charge >= 0.3 is 0 Å². The zero-order valence-electron chi connectivity index (χ0n) is 9.43. The quantitative estimate of drug-likeness (QED) is 0.738. The van der Waals surface area contributed by atoms with Crippen molar-refractivity contribution in [2.75, 3.05) is 13.6 Å². The number of hydrogen-bond donors (Lipinski definition) is 0. The van der Waals surface area contributed by atoms with Gasteiger partial charge in [-0.2, -0.15) is 0 Å². The minimum absolute atomic E-state index is 0.206. The lowest BCUT2D eigenvalue weighted by Gasteiger charge is -2.37. The zero-order valence-corrected chi connectivity index (χ0v) is 9.43. The molecule has 2 atom stereocenters. The lowest BCUT2D eigenvalue weighted by Crippen LogP contribution is -2.41. The van der Waals surface area contributed by atoms with Crippen LogP contribution in [0.15, 0.2) is 30.3 Å². The van der Waals surface area contributed by atoms with E-state index in [9.17, 15) is 9.90 Å². The van der Waals surface area contributed by atoms with Crippen molar-refractivity contribution in [1.82, 2.24) is 4.90 Å². The summed E-state index contributed by atoms with van der Waals surface area (Å²) < 4.78 is 0. The van der Waals surface area contributed by atoms with Crippen LogP contribution in [0.25, 0.3) is 0 Å². The molecule has 1 saturated heterocycles. The van der Waals surface area contributed by atoms with Crippen LogP contribution in [0.1, 0.15) is 24.4 Å². The molecule has 0 radical (unpaired) electrons. The number of likely N-dealkylation sites (tertiary alicyclic amines) is 1. The van der Waals surface area contributed by atoms with E-state index in [0.717, 1.165) is 6.54 Å². The molecule has 86 valence electrons. The number of carbonyl (C=O) groups is 1. The summed E-state index contributed by atoms with van der Waals surface area (Å²) in [7, 11) is 2.04. The molecule has 1 aliphatic heterocycles. The van der Waals surface area contributed by atoms with E-state index in [1.54, 1.807) is 0 Å². The standard InChI is InChI=1S/C13H17NO2/c1-14-8-7-11(13(15)16)9-12(14)10-5-3-2-4-6-10/h2-6,11-12H,7-9H2,1H3,(H,15,16)/p-1. The molecule has 2 unspecified atom stereocenters. The summed E-state index contributed by atoms with van der Waals surface area (Å²) in [5.74, 6) is -1.21. The third-order valence-corrected chi connectivity index (χ3v) is 3.39. The van der Waals surface area contributed by atoms with Crippen molar-refractivity contribution in [3.8, 4) is 0 Å². The Balaban J connectivity index is 2.16. The lowest BCUT2D eigenvalue weighted by atomic mass is 9.87. The van der Waals surface area contributed by atoms with E-state index in [1.165, 1.54) is 5.56 Å². The summed E-state index contributed by atoms with van der Waals surface area (Å²) in [6.45, 7) is 0.818. The highest BCUT2D eigenvalue weighted by atomic mass is 16.4. The molecule has 0 amide bonds. The van der Waals surface area contributed by atoms with E-state index in [0.29, 0.717) is 12.8 Å². The summed E-state index contributed by atoms with van der Waals surface area (Å²) in [6.07, 6.45) is 1.35. The Morgan fingerprint density at radius 1 is 1.38 bits per heavy atom. The molecule has 0 aromatic heterocycles. The Bertz CT molecular complexity index is 363. The van der Waals surface area contributed by atoms with Crippen LogP contribution in [0, 0.1) is 5.92 Å². The Morgan fingerprint density at radius 2 is 2.06 bits per heavy atom. The van der Waals surface area contributed by atoms with Gasteiger partial charge in [0.2, 0.25) is 0 Å². The molecule has 0 spiro atoms. The molecule has 3 nitrogen and oxygen atoms in total. The molecule has 1 fully saturated rings. The maximum absolute atomic E-state index is 10.9. The highest BCUT2D eigenvalue weighted by molar-refractivity contribution is 5.67. The third-order valence-electron chi connectivity index (χ3n) is 3.39. The van der Waals surface area contributed by atoms with E-state index >= 15 is 0 Å². The number of carboxylic acids is 1. The first-order chi connectivity index (χ1) is 7.68. The van der Waals surface area contributed by atoms with Crippen molar-refractivity contribution in [2.24, 2.45) is 5.92 Å². The molecule has 1 aromatic carbocycles. The highest BCUT2D eigenvalue weighted by Gasteiger charge is 2.27. The Labute approximate surface area is 95.7 Å². The second kappa shape index (κ2) is 4.66. The van der Waals surface area contributed by atoms with Gasteiger partial charge in [-0.3, -0.25) is 4.90 Å². The number of piperidine rings is 1. The van der Waals surface area contributed by atoms with Crippen molar-refractivity contribution in [2.45, 2.75) is 18.9 Å². The molecule has 0 saturated carbocycles. The molecule has 0 N–H and O–H groups in total.